The molecular weight excluding hydrogens is 332 g/mol. The van der Waals surface area contributed by atoms with Crippen LogP contribution in [0, 0.1) is 0 Å². The number of nitrogens with one attached hydrogen (secondary N) is 2. The van der Waals surface area contributed by atoms with Crippen molar-refractivity contribution in [1.82, 2.24) is 5.32 Å². The van der Waals surface area contributed by atoms with Crippen LogP contribution in [-0.2, 0) is 16.0 Å². The lowest BCUT2D eigenvalue weighted by Crippen LogP contribution is -2.28. The summed E-state index contributed by atoms with van der Waals surface area (Å²) < 4.78 is 10.5. The van der Waals surface area contributed by atoms with Gasteiger partial charge in [-0.05, 0) is 55.3 Å². The number of carbonyl (C=O) groups is 2. The van der Waals surface area contributed by atoms with Gasteiger partial charge in [0.1, 0.15) is 11.5 Å². The Bertz CT molecular complexity index is 712. The highest BCUT2D eigenvalue weighted by molar-refractivity contribution is 5.90. The summed E-state index contributed by atoms with van der Waals surface area (Å²) in [6.45, 7) is 2.40. The maximum Gasteiger partial charge on any atom is 0.257 e. The van der Waals surface area contributed by atoms with E-state index in [0.29, 0.717) is 30.8 Å². The molecule has 2 N–H and O–H groups in total. The fourth-order valence-corrected chi connectivity index (χ4v) is 2.31. The standard InChI is InChI=1S/C20H24N2O4/c1-3-21-20(24)14-26-18-11-7-16(8-12-18)22-19(23)13-6-15-4-9-17(25-2)10-5-15/h4-5,7-12H,3,6,13-14H2,1-2H3,(H,21,24)(H,22,23). The average molecular weight is 356 g/mol. The number of rotatable bonds is 9. The van der Waals surface area contributed by atoms with E-state index in [2.05, 4.69) is 10.6 Å². The van der Waals surface area contributed by atoms with Gasteiger partial charge in [-0.2, -0.15) is 0 Å². The second-order valence-electron chi connectivity index (χ2n) is 5.66. The van der Waals surface area contributed by atoms with Crippen molar-refractivity contribution < 1.29 is 19.1 Å². The minimum atomic E-state index is -0.164. The van der Waals surface area contributed by atoms with E-state index < -0.39 is 0 Å². The first-order valence-corrected chi connectivity index (χ1v) is 8.53. The third-order valence-corrected chi connectivity index (χ3v) is 3.68. The van der Waals surface area contributed by atoms with Gasteiger partial charge in [0, 0.05) is 18.7 Å². The molecule has 26 heavy (non-hydrogen) atoms. The summed E-state index contributed by atoms with van der Waals surface area (Å²) >= 11 is 0. The fraction of sp³-hybridized carbons (Fsp3) is 0.300. The van der Waals surface area contributed by atoms with Gasteiger partial charge >= 0.3 is 0 Å². The Kier molecular flexibility index (Phi) is 7.49. The number of methoxy groups -OCH3 is 1. The first-order chi connectivity index (χ1) is 12.6. The van der Waals surface area contributed by atoms with E-state index in [-0.39, 0.29) is 18.4 Å². The largest absolute Gasteiger partial charge is 0.497 e. The predicted molar refractivity (Wildman–Crippen MR) is 101 cm³/mol. The van der Waals surface area contributed by atoms with Crippen LogP contribution in [0.2, 0.25) is 0 Å². The van der Waals surface area contributed by atoms with Gasteiger partial charge in [0.15, 0.2) is 6.61 Å². The van der Waals surface area contributed by atoms with Gasteiger partial charge in [0.25, 0.3) is 5.91 Å². The van der Waals surface area contributed by atoms with Crippen LogP contribution >= 0.6 is 0 Å². The van der Waals surface area contributed by atoms with E-state index in [1.807, 2.05) is 31.2 Å². The van der Waals surface area contributed by atoms with E-state index in [1.165, 1.54) is 0 Å². The Morgan fingerprint density at radius 2 is 1.58 bits per heavy atom. The van der Waals surface area contributed by atoms with Crippen molar-refractivity contribution in [2.75, 3.05) is 25.6 Å². The number of likely N-dealkylation sites (N-methyl/N-ethyl adjacent to an activating group) is 1. The number of hydrogen-bond acceptors (Lipinski definition) is 4. The molecule has 6 nitrogen and oxygen atoms in total. The number of benzene rings is 2. The molecule has 0 saturated heterocycles. The molecule has 138 valence electrons. The Hall–Kier alpha value is -3.02. The molecule has 0 radical (unpaired) electrons. The third kappa shape index (κ3) is 6.47. The predicted octanol–water partition coefficient (Wildman–Crippen LogP) is 2.78. The second-order valence-corrected chi connectivity index (χ2v) is 5.66. The average Bonchev–Trinajstić information content (AvgIpc) is 2.66. The summed E-state index contributed by atoms with van der Waals surface area (Å²) in [6.07, 6.45) is 1.05. The zero-order chi connectivity index (χ0) is 18.8. The highest BCUT2D eigenvalue weighted by atomic mass is 16.5. The van der Waals surface area contributed by atoms with Crippen LogP contribution in [0.3, 0.4) is 0 Å². The number of aryl methyl sites for hydroxylation is 1. The Morgan fingerprint density at radius 1 is 0.923 bits per heavy atom. The van der Waals surface area contributed by atoms with Gasteiger partial charge in [0.2, 0.25) is 5.91 Å². The maximum atomic E-state index is 12.1. The topological polar surface area (TPSA) is 76.7 Å². The summed E-state index contributed by atoms with van der Waals surface area (Å²) in [5, 5.41) is 5.51. The van der Waals surface area contributed by atoms with Crippen LogP contribution in [0.4, 0.5) is 5.69 Å². The summed E-state index contributed by atoms with van der Waals surface area (Å²) in [5.41, 5.74) is 1.77. The van der Waals surface area contributed by atoms with Gasteiger partial charge in [-0.25, -0.2) is 0 Å². The van der Waals surface area contributed by atoms with Crippen LogP contribution in [0.15, 0.2) is 48.5 Å². The molecule has 0 fully saturated rings. The van der Waals surface area contributed by atoms with E-state index >= 15 is 0 Å². The molecule has 2 aromatic rings. The molecule has 0 bridgehead atoms. The van der Waals surface area contributed by atoms with Gasteiger partial charge in [-0.3, -0.25) is 9.59 Å². The summed E-state index contributed by atoms with van der Waals surface area (Å²) in [5.74, 6) is 1.15. The number of hydrogen-bond donors (Lipinski definition) is 2. The molecule has 0 aliphatic carbocycles. The molecule has 2 aromatic carbocycles. The van der Waals surface area contributed by atoms with Gasteiger partial charge < -0.3 is 20.1 Å². The first-order valence-electron chi connectivity index (χ1n) is 8.53. The number of ether oxygens (including phenoxy) is 2. The Labute approximate surface area is 153 Å². The van der Waals surface area contributed by atoms with Crippen molar-refractivity contribution in [3.8, 4) is 11.5 Å². The van der Waals surface area contributed by atoms with Crippen LogP contribution in [0.1, 0.15) is 18.9 Å². The van der Waals surface area contributed by atoms with Gasteiger partial charge in [-0.15, -0.1) is 0 Å². The Balaban J connectivity index is 1.76. The molecule has 0 aliphatic heterocycles. The molecule has 0 spiro atoms. The highest BCUT2D eigenvalue weighted by Gasteiger charge is 2.05. The second kappa shape index (κ2) is 10.1. The zero-order valence-corrected chi connectivity index (χ0v) is 15.1. The lowest BCUT2D eigenvalue weighted by Gasteiger charge is -2.08. The van der Waals surface area contributed by atoms with Crippen molar-refractivity contribution in [2.24, 2.45) is 0 Å². The molecule has 0 saturated carbocycles. The molecule has 0 atom stereocenters. The van der Waals surface area contributed by atoms with E-state index in [4.69, 9.17) is 9.47 Å². The van der Waals surface area contributed by atoms with Crippen molar-refractivity contribution in [3.05, 3.63) is 54.1 Å². The van der Waals surface area contributed by atoms with Crippen LogP contribution in [-0.4, -0.2) is 32.1 Å². The highest BCUT2D eigenvalue weighted by Crippen LogP contribution is 2.17. The van der Waals surface area contributed by atoms with Gasteiger partial charge in [0.05, 0.1) is 7.11 Å². The SMILES string of the molecule is CCNC(=O)COc1ccc(NC(=O)CCc2ccc(OC)cc2)cc1. The monoisotopic (exact) mass is 356 g/mol. The van der Waals surface area contributed by atoms with Gasteiger partial charge in [-0.1, -0.05) is 12.1 Å². The lowest BCUT2D eigenvalue weighted by molar-refractivity contribution is -0.123. The molecule has 0 aliphatic rings. The quantitative estimate of drug-likeness (QED) is 0.724. The first kappa shape index (κ1) is 19.3. The molecule has 2 amide bonds. The van der Waals surface area contributed by atoms with Crippen molar-refractivity contribution in [3.63, 3.8) is 0 Å². The number of anilines is 1. The van der Waals surface area contributed by atoms with Crippen LogP contribution in [0.25, 0.3) is 0 Å². The fourth-order valence-electron chi connectivity index (χ4n) is 2.31. The minimum absolute atomic E-state index is 0.0264. The molecule has 0 heterocycles. The summed E-state index contributed by atoms with van der Waals surface area (Å²) in [6, 6.07) is 14.6. The summed E-state index contributed by atoms with van der Waals surface area (Å²) in [4.78, 5) is 23.4. The summed E-state index contributed by atoms with van der Waals surface area (Å²) in [7, 11) is 1.62. The minimum Gasteiger partial charge on any atom is -0.497 e. The van der Waals surface area contributed by atoms with Crippen molar-refractivity contribution >= 4 is 17.5 Å². The van der Waals surface area contributed by atoms with E-state index in [0.717, 1.165) is 11.3 Å². The number of carbonyl (C=O) groups excluding carboxylic acids is 2. The molecular formula is C20H24N2O4. The van der Waals surface area contributed by atoms with E-state index in [9.17, 15) is 9.59 Å². The molecule has 2 rings (SSSR count). The molecule has 0 aromatic heterocycles. The van der Waals surface area contributed by atoms with Crippen LogP contribution < -0.4 is 20.1 Å². The number of amides is 2. The normalized spacial score (nSPS) is 10.1. The van der Waals surface area contributed by atoms with Crippen molar-refractivity contribution in [2.45, 2.75) is 19.8 Å². The lowest BCUT2D eigenvalue weighted by atomic mass is 10.1. The smallest absolute Gasteiger partial charge is 0.257 e. The van der Waals surface area contributed by atoms with Crippen molar-refractivity contribution in [1.29, 1.82) is 0 Å². The van der Waals surface area contributed by atoms with E-state index in [1.54, 1.807) is 31.4 Å². The maximum absolute atomic E-state index is 12.1. The zero-order valence-electron chi connectivity index (χ0n) is 15.1. The molecule has 0 unspecified atom stereocenters. The Morgan fingerprint density at radius 3 is 2.19 bits per heavy atom. The van der Waals surface area contributed by atoms with Crippen LogP contribution in [0.5, 0.6) is 11.5 Å². The third-order valence-electron chi connectivity index (χ3n) is 3.68. The molecule has 6 heteroatoms.